The maximum Gasteiger partial charge on any atom is 0.169 e. The first-order valence-corrected chi connectivity index (χ1v) is 7.25. The van der Waals surface area contributed by atoms with Gasteiger partial charge in [0, 0.05) is 22.5 Å². The van der Waals surface area contributed by atoms with Gasteiger partial charge in [0.1, 0.15) is 12.1 Å². The van der Waals surface area contributed by atoms with Crippen LogP contribution in [0, 0.1) is 0 Å². The van der Waals surface area contributed by atoms with Gasteiger partial charge in [0.05, 0.1) is 18.8 Å². The molecule has 0 atom stereocenters. The Bertz CT molecular complexity index is 811. The van der Waals surface area contributed by atoms with Crippen LogP contribution in [0.15, 0.2) is 61.3 Å². The Labute approximate surface area is 138 Å². The number of carbonyl (C=O) groups is 1. The lowest BCUT2D eigenvalue weighted by molar-refractivity contribution is 0.0991. The average Bonchev–Trinajstić information content (AvgIpc) is 2.56. The molecule has 0 N–H and O–H groups in total. The number of pyridine rings is 1. The van der Waals surface area contributed by atoms with Gasteiger partial charge in [-0.3, -0.25) is 9.78 Å². The summed E-state index contributed by atoms with van der Waals surface area (Å²) in [5, 5.41) is 0.420. The topological polar surface area (TPSA) is 65.0 Å². The third-order valence-electron chi connectivity index (χ3n) is 3.03. The number of Topliss-reactive ketones (excluding diaryl/α,β-unsaturated/α-hetero) is 1. The molecular weight excluding hydrogens is 314 g/mol. The first-order valence-electron chi connectivity index (χ1n) is 6.87. The van der Waals surface area contributed by atoms with Crippen molar-refractivity contribution in [1.82, 2.24) is 15.0 Å². The van der Waals surface area contributed by atoms with Crippen molar-refractivity contribution in [3.8, 4) is 11.5 Å². The molecule has 5 nitrogen and oxygen atoms in total. The molecule has 1 aromatic carbocycles. The van der Waals surface area contributed by atoms with Gasteiger partial charge in [-0.05, 0) is 30.3 Å². The van der Waals surface area contributed by atoms with Gasteiger partial charge in [-0.1, -0.05) is 17.7 Å². The molecule has 0 aliphatic heterocycles. The third-order valence-corrected chi connectivity index (χ3v) is 3.25. The number of rotatable bonds is 5. The molecule has 3 aromatic rings. The maximum atomic E-state index is 12.4. The molecule has 2 heterocycles. The number of aromatic nitrogens is 3. The van der Waals surface area contributed by atoms with Crippen LogP contribution in [0.2, 0.25) is 5.02 Å². The van der Waals surface area contributed by atoms with Crippen LogP contribution in [0.3, 0.4) is 0 Å². The monoisotopic (exact) mass is 325 g/mol. The number of hydrogen-bond acceptors (Lipinski definition) is 5. The zero-order valence-electron chi connectivity index (χ0n) is 12.0. The molecule has 6 heteroatoms. The van der Waals surface area contributed by atoms with E-state index in [4.69, 9.17) is 16.3 Å². The number of halogens is 1. The fraction of sp³-hybridized carbons (Fsp3) is 0.0588. The molecule has 0 radical (unpaired) electrons. The van der Waals surface area contributed by atoms with E-state index < -0.39 is 0 Å². The fourth-order valence-electron chi connectivity index (χ4n) is 2.03. The number of hydrogen-bond donors (Lipinski definition) is 0. The summed E-state index contributed by atoms with van der Waals surface area (Å²) >= 11 is 6.08. The van der Waals surface area contributed by atoms with Crippen LogP contribution >= 0.6 is 11.6 Å². The molecule has 0 spiro atoms. The first-order chi connectivity index (χ1) is 11.2. The van der Waals surface area contributed by atoms with Crippen molar-refractivity contribution in [2.75, 3.05) is 0 Å². The van der Waals surface area contributed by atoms with Crippen LogP contribution in [-0.4, -0.2) is 20.7 Å². The Morgan fingerprint density at radius 3 is 2.65 bits per heavy atom. The molecule has 3 rings (SSSR count). The number of nitrogens with zero attached hydrogens (tertiary/aromatic N) is 3. The highest BCUT2D eigenvalue weighted by Crippen LogP contribution is 2.26. The summed E-state index contributed by atoms with van der Waals surface area (Å²) < 4.78 is 5.62. The summed E-state index contributed by atoms with van der Waals surface area (Å²) in [5.74, 6) is 0.843. The zero-order valence-corrected chi connectivity index (χ0v) is 12.8. The Kier molecular flexibility index (Phi) is 4.59. The lowest BCUT2D eigenvalue weighted by Gasteiger charge is -2.08. The minimum absolute atomic E-state index is 0.0830. The van der Waals surface area contributed by atoms with E-state index in [1.54, 1.807) is 36.5 Å². The van der Waals surface area contributed by atoms with Crippen molar-refractivity contribution in [2.24, 2.45) is 0 Å². The lowest BCUT2D eigenvalue weighted by Crippen LogP contribution is -2.05. The molecule has 0 aliphatic rings. The van der Waals surface area contributed by atoms with E-state index in [0.717, 1.165) is 0 Å². The second-order valence-electron chi connectivity index (χ2n) is 4.77. The van der Waals surface area contributed by atoms with E-state index in [0.29, 0.717) is 27.8 Å². The number of ether oxygens (including phenoxy) is 1. The van der Waals surface area contributed by atoms with Crippen molar-refractivity contribution < 1.29 is 9.53 Å². The molecule has 114 valence electrons. The minimum Gasteiger partial charge on any atom is -0.454 e. The molecule has 0 unspecified atom stereocenters. The van der Waals surface area contributed by atoms with Crippen molar-refractivity contribution in [3.05, 3.63) is 77.6 Å². The summed E-state index contributed by atoms with van der Waals surface area (Å²) in [6.45, 7) is 0. The quantitative estimate of drug-likeness (QED) is 0.668. The van der Waals surface area contributed by atoms with Crippen LogP contribution in [0.25, 0.3) is 0 Å². The van der Waals surface area contributed by atoms with E-state index in [1.807, 2.05) is 6.07 Å². The van der Waals surface area contributed by atoms with Crippen LogP contribution in [0.4, 0.5) is 0 Å². The van der Waals surface area contributed by atoms with Gasteiger partial charge in [0.15, 0.2) is 11.5 Å². The van der Waals surface area contributed by atoms with Crippen LogP contribution < -0.4 is 4.74 Å². The highest BCUT2D eigenvalue weighted by molar-refractivity contribution is 6.31. The third kappa shape index (κ3) is 4.11. The molecular formula is C17H12ClN3O2. The Hall–Kier alpha value is -2.79. The van der Waals surface area contributed by atoms with E-state index >= 15 is 0 Å². The smallest absolute Gasteiger partial charge is 0.169 e. The first kappa shape index (κ1) is 15.1. The van der Waals surface area contributed by atoms with E-state index in [9.17, 15) is 4.79 Å². The summed E-state index contributed by atoms with van der Waals surface area (Å²) in [5.41, 5.74) is 1.17. The Morgan fingerprint density at radius 2 is 1.91 bits per heavy atom. The standard InChI is InChI=1S/C17H12ClN3O2/c18-13-5-12(17(22)8-14-3-1-2-4-21-14)6-15(7-13)23-16-9-19-11-20-10-16/h1-7,9-11H,8H2. The summed E-state index contributed by atoms with van der Waals surface area (Å²) in [4.78, 5) is 24.3. The molecule has 0 aliphatic carbocycles. The normalized spacial score (nSPS) is 10.3. The lowest BCUT2D eigenvalue weighted by atomic mass is 10.1. The van der Waals surface area contributed by atoms with Gasteiger partial charge >= 0.3 is 0 Å². The van der Waals surface area contributed by atoms with Gasteiger partial charge in [-0.25, -0.2) is 9.97 Å². The highest BCUT2D eigenvalue weighted by atomic mass is 35.5. The molecule has 0 saturated carbocycles. The summed E-state index contributed by atoms with van der Waals surface area (Å²) in [6, 6.07) is 10.3. The molecule has 2 aromatic heterocycles. The second-order valence-corrected chi connectivity index (χ2v) is 5.21. The van der Waals surface area contributed by atoms with Crippen molar-refractivity contribution >= 4 is 17.4 Å². The van der Waals surface area contributed by atoms with Gasteiger partial charge in [0.25, 0.3) is 0 Å². The number of carbonyl (C=O) groups excluding carboxylic acids is 1. The van der Waals surface area contributed by atoms with Crippen molar-refractivity contribution in [1.29, 1.82) is 0 Å². The van der Waals surface area contributed by atoms with Crippen molar-refractivity contribution in [2.45, 2.75) is 6.42 Å². The van der Waals surface area contributed by atoms with Crippen LogP contribution in [0.1, 0.15) is 16.1 Å². The Morgan fingerprint density at radius 1 is 1.09 bits per heavy atom. The fourth-order valence-corrected chi connectivity index (χ4v) is 2.25. The predicted octanol–water partition coefficient (Wildman–Crippen LogP) is 3.74. The van der Waals surface area contributed by atoms with Crippen molar-refractivity contribution in [3.63, 3.8) is 0 Å². The largest absolute Gasteiger partial charge is 0.454 e. The average molecular weight is 326 g/mol. The molecule has 0 bridgehead atoms. The van der Waals surface area contributed by atoms with Gasteiger partial charge < -0.3 is 4.74 Å². The highest BCUT2D eigenvalue weighted by Gasteiger charge is 2.11. The minimum atomic E-state index is -0.0830. The maximum absolute atomic E-state index is 12.4. The summed E-state index contributed by atoms with van der Waals surface area (Å²) in [7, 11) is 0. The second kappa shape index (κ2) is 6.98. The Balaban J connectivity index is 1.81. The van der Waals surface area contributed by atoms with Crippen LogP contribution in [-0.2, 0) is 6.42 Å². The van der Waals surface area contributed by atoms with E-state index in [2.05, 4.69) is 15.0 Å². The zero-order chi connectivity index (χ0) is 16.1. The number of ketones is 1. The molecule has 23 heavy (non-hydrogen) atoms. The van der Waals surface area contributed by atoms with E-state index in [1.165, 1.54) is 18.7 Å². The number of benzene rings is 1. The summed E-state index contributed by atoms with van der Waals surface area (Å²) in [6.07, 6.45) is 6.33. The van der Waals surface area contributed by atoms with Gasteiger partial charge in [-0.15, -0.1) is 0 Å². The van der Waals surface area contributed by atoms with Gasteiger partial charge in [0.2, 0.25) is 0 Å². The predicted molar refractivity (Wildman–Crippen MR) is 85.8 cm³/mol. The SMILES string of the molecule is O=C(Cc1ccccn1)c1cc(Cl)cc(Oc2cncnc2)c1. The van der Waals surface area contributed by atoms with Crippen LogP contribution in [0.5, 0.6) is 11.5 Å². The molecule has 0 fully saturated rings. The van der Waals surface area contributed by atoms with Gasteiger partial charge in [-0.2, -0.15) is 0 Å². The molecule has 0 saturated heterocycles. The van der Waals surface area contributed by atoms with E-state index in [-0.39, 0.29) is 12.2 Å². The molecule has 0 amide bonds.